The van der Waals surface area contributed by atoms with Crippen molar-refractivity contribution in [1.29, 1.82) is 0 Å². The van der Waals surface area contributed by atoms with Crippen molar-refractivity contribution in [3.8, 4) is 44.5 Å². The molecule has 10 rings (SSSR count). The van der Waals surface area contributed by atoms with E-state index in [4.69, 9.17) is 0 Å². The van der Waals surface area contributed by atoms with Crippen molar-refractivity contribution in [3.63, 3.8) is 0 Å². The minimum absolute atomic E-state index is 1.03. The molecule has 0 bridgehead atoms. The van der Waals surface area contributed by atoms with Crippen LogP contribution in [0.25, 0.3) is 93.7 Å². The summed E-state index contributed by atoms with van der Waals surface area (Å²) >= 11 is 0. The maximum absolute atomic E-state index is 2.40. The number of benzene rings is 9. The first-order chi connectivity index (χ1) is 24.8. The van der Waals surface area contributed by atoms with Crippen LogP contribution < -0.4 is 0 Å². The fourth-order valence-corrected chi connectivity index (χ4v) is 8.20. The van der Waals surface area contributed by atoms with E-state index in [1.807, 2.05) is 0 Å². The van der Waals surface area contributed by atoms with Gasteiger partial charge < -0.3 is 0 Å². The van der Waals surface area contributed by atoms with E-state index in [1.54, 1.807) is 0 Å². The Balaban J connectivity index is 1.11. The molecular weight excluding hydrogens is 601 g/mol. The first-order valence-corrected chi connectivity index (χ1v) is 17.6. The zero-order valence-corrected chi connectivity index (χ0v) is 27.7. The Kier molecular flexibility index (Phi) is 6.74. The van der Waals surface area contributed by atoms with E-state index in [9.17, 15) is 0 Å². The van der Waals surface area contributed by atoms with E-state index in [1.165, 1.54) is 98.7 Å². The molecule has 1 aliphatic rings. The molecule has 0 fully saturated rings. The molecule has 0 aromatic heterocycles. The van der Waals surface area contributed by atoms with Gasteiger partial charge in [0.2, 0.25) is 0 Å². The highest BCUT2D eigenvalue weighted by Gasteiger charge is 2.22. The molecule has 0 heterocycles. The molecule has 0 N–H and O–H groups in total. The summed E-state index contributed by atoms with van der Waals surface area (Å²) in [5, 5.41) is 10.2. The number of fused-ring (bicyclic) bond motifs is 5. The quantitative estimate of drug-likeness (QED) is 0.181. The minimum atomic E-state index is 1.03. The first-order valence-electron chi connectivity index (χ1n) is 17.6. The van der Waals surface area contributed by atoms with Gasteiger partial charge in [0.15, 0.2) is 0 Å². The van der Waals surface area contributed by atoms with Crippen LogP contribution >= 0.6 is 0 Å². The van der Waals surface area contributed by atoms with Crippen LogP contribution in [0.2, 0.25) is 0 Å². The van der Waals surface area contributed by atoms with E-state index in [0.29, 0.717) is 0 Å². The topological polar surface area (TPSA) is 0 Å². The van der Waals surface area contributed by atoms with Gasteiger partial charge >= 0.3 is 0 Å². The van der Waals surface area contributed by atoms with Crippen molar-refractivity contribution < 1.29 is 0 Å². The predicted octanol–water partition coefficient (Wildman–Crippen LogP) is 13.9. The van der Waals surface area contributed by atoms with Crippen LogP contribution in [-0.2, 0) is 6.42 Å². The van der Waals surface area contributed by atoms with Gasteiger partial charge in [0, 0.05) is 0 Å². The Morgan fingerprint density at radius 3 is 1.40 bits per heavy atom. The molecule has 0 spiro atoms. The predicted molar refractivity (Wildman–Crippen MR) is 216 cm³/mol. The molecule has 9 aromatic rings. The summed E-state index contributed by atoms with van der Waals surface area (Å²) in [6.07, 6.45) is 6.82. The summed E-state index contributed by atoms with van der Waals surface area (Å²) in [6.45, 7) is 0. The number of rotatable bonds is 4. The fraction of sp³-hybridized carbons (Fsp3) is 0.0400. The summed E-state index contributed by atoms with van der Waals surface area (Å²) in [4.78, 5) is 0. The molecule has 0 atom stereocenters. The van der Waals surface area contributed by atoms with Crippen molar-refractivity contribution in [1.82, 2.24) is 0 Å². The smallest absolute Gasteiger partial charge is 0.00295 e. The van der Waals surface area contributed by atoms with Crippen LogP contribution in [0.4, 0.5) is 0 Å². The van der Waals surface area contributed by atoms with Crippen molar-refractivity contribution in [3.05, 3.63) is 187 Å². The molecule has 1 aliphatic carbocycles. The minimum Gasteiger partial charge on any atom is -0.0836 e. The van der Waals surface area contributed by atoms with Crippen molar-refractivity contribution in [2.75, 3.05) is 0 Å². The largest absolute Gasteiger partial charge is 0.0836 e. The summed E-state index contributed by atoms with van der Waals surface area (Å²) in [5.41, 5.74) is 13.0. The summed E-state index contributed by atoms with van der Waals surface area (Å²) in [6, 6.07) is 62.9. The van der Waals surface area contributed by atoms with Crippen LogP contribution in [0, 0.1) is 0 Å². The number of allylic oxidation sites excluding steroid dienone is 1. The Morgan fingerprint density at radius 1 is 0.320 bits per heavy atom. The average molecular weight is 635 g/mol. The third-order valence-corrected chi connectivity index (χ3v) is 10.7. The molecule has 0 amide bonds. The Labute approximate surface area is 292 Å². The standard InChI is InChI=1S/C50H34/c1-3-12-35-28-38(22-20-33(35)10-1)37-14-9-15-43(31-37)49-45-16-5-7-18-47(45)50(48-19-8-6-17-46(48)49)44-27-26-41-30-40(24-25-42(41)32-44)39-23-21-34-11-2-4-13-36(34)29-39/h1-7,9-18,20-32H,8,19H2. The second kappa shape index (κ2) is 11.7. The maximum atomic E-state index is 2.40. The van der Waals surface area contributed by atoms with Crippen LogP contribution in [-0.4, -0.2) is 0 Å². The lowest BCUT2D eigenvalue weighted by Gasteiger charge is -2.24. The van der Waals surface area contributed by atoms with Gasteiger partial charge in [-0.25, -0.2) is 0 Å². The highest BCUT2D eigenvalue weighted by atomic mass is 14.3. The monoisotopic (exact) mass is 634 g/mol. The fourth-order valence-electron chi connectivity index (χ4n) is 8.20. The normalized spacial score (nSPS) is 12.6. The second-order valence-electron chi connectivity index (χ2n) is 13.6. The highest BCUT2D eigenvalue weighted by molar-refractivity contribution is 6.11. The van der Waals surface area contributed by atoms with E-state index in [-0.39, 0.29) is 0 Å². The molecule has 0 radical (unpaired) electrons. The lowest BCUT2D eigenvalue weighted by Crippen LogP contribution is -2.02. The van der Waals surface area contributed by atoms with Gasteiger partial charge in [-0.3, -0.25) is 0 Å². The van der Waals surface area contributed by atoms with Gasteiger partial charge in [0.05, 0.1) is 0 Å². The van der Waals surface area contributed by atoms with E-state index in [0.717, 1.165) is 12.8 Å². The molecule has 0 saturated carbocycles. The SMILES string of the molecule is C1=Cc2c(c(-c3ccc4cc(-c5ccc6ccccc6c5)ccc4c3)c3ccccc3c2-c2cccc(-c3ccc4ccccc4c3)c2)CC1. The van der Waals surface area contributed by atoms with E-state index >= 15 is 0 Å². The third-order valence-electron chi connectivity index (χ3n) is 10.7. The lowest BCUT2D eigenvalue weighted by atomic mass is 9.79. The van der Waals surface area contributed by atoms with Gasteiger partial charge in [-0.15, -0.1) is 0 Å². The van der Waals surface area contributed by atoms with Gasteiger partial charge in [-0.1, -0.05) is 152 Å². The summed E-state index contributed by atoms with van der Waals surface area (Å²) < 4.78 is 0. The lowest BCUT2D eigenvalue weighted by molar-refractivity contribution is 0.991. The molecule has 0 heteroatoms. The third kappa shape index (κ3) is 4.84. The molecule has 0 saturated heterocycles. The van der Waals surface area contributed by atoms with Crippen molar-refractivity contribution in [2.45, 2.75) is 12.8 Å². The Bertz CT molecular complexity index is 2810. The second-order valence-corrected chi connectivity index (χ2v) is 13.6. The molecule has 0 unspecified atom stereocenters. The summed E-state index contributed by atoms with van der Waals surface area (Å²) in [7, 11) is 0. The van der Waals surface area contributed by atoms with Gasteiger partial charge in [-0.05, 0) is 142 Å². The molecule has 0 aliphatic heterocycles. The van der Waals surface area contributed by atoms with Crippen LogP contribution in [0.3, 0.4) is 0 Å². The van der Waals surface area contributed by atoms with Gasteiger partial charge in [-0.2, -0.15) is 0 Å². The van der Waals surface area contributed by atoms with Gasteiger partial charge in [0.25, 0.3) is 0 Å². The summed E-state index contributed by atoms with van der Waals surface area (Å²) in [5.74, 6) is 0. The number of hydrogen-bond acceptors (Lipinski definition) is 0. The zero-order valence-electron chi connectivity index (χ0n) is 27.7. The Hall–Kier alpha value is -6.24. The van der Waals surface area contributed by atoms with Crippen molar-refractivity contribution in [2.24, 2.45) is 0 Å². The molecule has 50 heavy (non-hydrogen) atoms. The van der Waals surface area contributed by atoms with E-state index < -0.39 is 0 Å². The number of hydrogen-bond donors (Lipinski definition) is 0. The van der Waals surface area contributed by atoms with E-state index in [2.05, 4.69) is 182 Å². The average Bonchev–Trinajstić information content (AvgIpc) is 3.19. The van der Waals surface area contributed by atoms with Gasteiger partial charge in [0.1, 0.15) is 0 Å². The first kappa shape index (κ1) is 28.7. The molecule has 0 nitrogen and oxygen atoms in total. The highest BCUT2D eigenvalue weighted by Crippen LogP contribution is 2.45. The van der Waals surface area contributed by atoms with Crippen molar-refractivity contribution >= 4 is 49.2 Å². The van der Waals surface area contributed by atoms with Crippen LogP contribution in [0.5, 0.6) is 0 Å². The zero-order chi connectivity index (χ0) is 33.0. The molecule has 9 aromatic carbocycles. The van der Waals surface area contributed by atoms with Crippen LogP contribution in [0.15, 0.2) is 176 Å². The molecular formula is C50H34. The Morgan fingerprint density at radius 2 is 0.760 bits per heavy atom. The maximum Gasteiger partial charge on any atom is -0.00295 e. The molecule has 234 valence electrons. The van der Waals surface area contributed by atoms with Crippen LogP contribution in [0.1, 0.15) is 17.5 Å².